The molecule has 2 aliphatic rings. The molecular formula is C33H38N6O2S. The predicted molar refractivity (Wildman–Crippen MR) is 170 cm³/mol. The first-order valence-electron chi connectivity index (χ1n) is 14.8. The first-order chi connectivity index (χ1) is 20.5. The molecule has 9 heteroatoms. The molecule has 0 saturated heterocycles. The molecule has 2 fully saturated rings. The maximum Gasteiger partial charge on any atom is 0.326 e. The summed E-state index contributed by atoms with van der Waals surface area (Å²) in [5, 5.41) is 6.74. The molecule has 3 amide bonds. The molecule has 0 unspecified atom stereocenters. The van der Waals surface area contributed by atoms with Crippen LogP contribution in [-0.2, 0) is 6.54 Å². The SMILES string of the molecule is N=NC(N)=NC(=O)c1ccc(CN(C(=O)Nc2cccc(SC3CCCC3)c2)c2ccc(C3CCCCC3)cc2)cc1. The van der Waals surface area contributed by atoms with E-state index in [1.807, 2.05) is 36.0 Å². The Kier molecular flexibility index (Phi) is 10.0. The number of thioether (sulfide) groups is 1. The number of carbonyl (C=O) groups is 2. The van der Waals surface area contributed by atoms with E-state index in [1.54, 1.807) is 29.2 Å². The molecule has 0 spiro atoms. The van der Waals surface area contributed by atoms with Crippen molar-refractivity contribution in [1.82, 2.24) is 0 Å². The van der Waals surface area contributed by atoms with Gasteiger partial charge in [-0.25, -0.2) is 10.3 Å². The van der Waals surface area contributed by atoms with Crippen molar-refractivity contribution in [1.29, 1.82) is 5.53 Å². The van der Waals surface area contributed by atoms with Crippen molar-refractivity contribution in [3.8, 4) is 0 Å². The third-order valence-electron chi connectivity index (χ3n) is 8.09. The van der Waals surface area contributed by atoms with Gasteiger partial charge in [-0.15, -0.1) is 16.9 Å². The molecule has 42 heavy (non-hydrogen) atoms. The number of benzene rings is 3. The number of nitrogens with zero attached hydrogens (tertiary/aromatic N) is 3. The van der Waals surface area contributed by atoms with Crippen molar-refractivity contribution in [2.75, 3.05) is 10.2 Å². The number of aliphatic imine (C=N–C) groups is 1. The molecule has 0 atom stereocenters. The molecule has 2 saturated carbocycles. The first-order valence-corrected chi connectivity index (χ1v) is 15.7. The fourth-order valence-corrected chi connectivity index (χ4v) is 7.11. The second-order valence-electron chi connectivity index (χ2n) is 11.1. The molecule has 0 aliphatic heterocycles. The smallest absolute Gasteiger partial charge is 0.326 e. The van der Waals surface area contributed by atoms with Gasteiger partial charge in [0.25, 0.3) is 5.91 Å². The zero-order valence-electron chi connectivity index (χ0n) is 23.8. The van der Waals surface area contributed by atoms with Gasteiger partial charge in [0.1, 0.15) is 0 Å². The molecule has 2 aliphatic carbocycles. The van der Waals surface area contributed by atoms with Gasteiger partial charge in [-0.2, -0.15) is 4.99 Å². The van der Waals surface area contributed by atoms with E-state index in [0.717, 1.165) is 16.9 Å². The number of carbonyl (C=O) groups excluding carboxylic acids is 2. The molecular weight excluding hydrogens is 544 g/mol. The number of hydrogen-bond acceptors (Lipinski definition) is 4. The van der Waals surface area contributed by atoms with Crippen LogP contribution >= 0.6 is 11.8 Å². The molecule has 4 N–H and O–H groups in total. The Hall–Kier alpha value is -3.98. The zero-order chi connectivity index (χ0) is 29.3. The van der Waals surface area contributed by atoms with Crippen molar-refractivity contribution in [2.45, 2.75) is 80.4 Å². The van der Waals surface area contributed by atoms with Crippen molar-refractivity contribution < 1.29 is 9.59 Å². The highest BCUT2D eigenvalue weighted by molar-refractivity contribution is 8.00. The third-order valence-corrected chi connectivity index (χ3v) is 9.42. The number of amides is 3. The molecule has 8 nitrogen and oxygen atoms in total. The van der Waals surface area contributed by atoms with Crippen LogP contribution in [0.15, 0.2) is 87.8 Å². The normalized spacial score (nSPS) is 16.2. The molecule has 0 aromatic heterocycles. The number of rotatable bonds is 8. The summed E-state index contributed by atoms with van der Waals surface area (Å²) in [7, 11) is 0. The molecule has 3 aromatic rings. The Morgan fingerprint density at radius 2 is 1.60 bits per heavy atom. The van der Waals surface area contributed by atoms with Gasteiger partial charge < -0.3 is 11.1 Å². The van der Waals surface area contributed by atoms with Crippen LogP contribution in [-0.4, -0.2) is 23.1 Å². The number of hydrogen-bond donors (Lipinski definition) is 3. The third kappa shape index (κ3) is 7.85. The number of urea groups is 1. The fourth-order valence-electron chi connectivity index (χ4n) is 5.81. The highest BCUT2D eigenvalue weighted by Crippen LogP contribution is 2.36. The van der Waals surface area contributed by atoms with E-state index in [0.29, 0.717) is 23.3 Å². The maximum atomic E-state index is 13.8. The number of anilines is 2. The highest BCUT2D eigenvalue weighted by atomic mass is 32.2. The van der Waals surface area contributed by atoms with Gasteiger partial charge >= 0.3 is 6.03 Å². The van der Waals surface area contributed by atoms with E-state index < -0.39 is 11.9 Å². The summed E-state index contributed by atoms with van der Waals surface area (Å²) >= 11 is 1.90. The monoisotopic (exact) mass is 582 g/mol. The Morgan fingerprint density at radius 1 is 0.905 bits per heavy atom. The van der Waals surface area contributed by atoms with Crippen LogP contribution in [0.2, 0.25) is 0 Å². The van der Waals surface area contributed by atoms with Crippen molar-refractivity contribution in [3.05, 3.63) is 89.5 Å². The van der Waals surface area contributed by atoms with Crippen LogP contribution in [0.1, 0.15) is 85.2 Å². The van der Waals surface area contributed by atoms with Gasteiger partial charge in [-0.05, 0) is 85.2 Å². The Bertz CT molecular complexity index is 1410. The van der Waals surface area contributed by atoms with Crippen LogP contribution in [0.5, 0.6) is 0 Å². The average Bonchev–Trinajstić information content (AvgIpc) is 3.54. The van der Waals surface area contributed by atoms with Gasteiger partial charge in [-0.1, -0.05) is 62.4 Å². The largest absolute Gasteiger partial charge is 0.366 e. The van der Waals surface area contributed by atoms with E-state index in [1.165, 1.54) is 68.2 Å². The molecule has 3 aromatic carbocycles. The summed E-state index contributed by atoms with van der Waals surface area (Å²) in [6.07, 6.45) is 11.4. The van der Waals surface area contributed by atoms with Crippen LogP contribution in [0.4, 0.5) is 16.2 Å². The van der Waals surface area contributed by atoms with Crippen molar-refractivity contribution in [2.24, 2.45) is 15.8 Å². The van der Waals surface area contributed by atoms with Gasteiger partial charge in [0.05, 0.1) is 6.54 Å². The Morgan fingerprint density at radius 3 is 2.29 bits per heavy atom. The summed E-state index contributed by atoms with van der Waals surface area (Å²) in [6.45, 7) is 0.313. The molecule has 0 radical (unpaired) electrons. The average molecular weight is 583 g/mol. The summed E-state index contributed by atoms with van der Waals surface area (Å²) in [5.41, 5.74) is 16.4. The molecule has 5 rings (SSSR count). The van der Waals surface area contributed by atoms with Crippen molar-refractivity contribution in [3.63, 3.8) is 0 Å². The fraction of sp³-hybridized carbons (Fsp3) is 0.364. The summed E-state index contributed by atoms with van der Waals surface area (Å²) < 4.78 is 0. The highest BCUT2D eigenvalue weighted by Gasteiger charge is 2.21. The minimum absolute atomic E-state index is 0.224. The van der Waals surface area contributed by atoms with Crippen LogP contribution in [0.25, 0.3) is 0 Å². The lowest BCUT2D eigenvalue weighted by atomic mass is 9.84. The van der Waals surface area contributed by atoms with E-state index in [9.17, 15) is 9.59 Å². The lowest BCUT2D eigenvalue weighted by Gasteiger charge is -2.26. The Labute approximate surface area is 251 Å². The summed E-state index contributed by atoms with van der Waals surface area (Å²) in [6, 6.07) is 23.1. The maximum absolute atomic E-state index is 13.8. The van der Waals surface area contributed by atoms with E-state index in [2.05, 4.69) is 39.7 Å². The predicted octanol–water partition coefficient (Wildman–Crippen LogP) is 8.49. The number of nitrogens with one attached hydrogen (secondary N) is 2. The molecule has 218 valence electrons. The second-order valence-corrected chi connectivity index (χ2v) is 12.5. The first kappa shape index (κ1) is 29.5. The lowest BCUT2D eigenvalue weighted by molar-refractivity contribution is 0.100. The molecule has 0 bridgehead atoms. The Balaban J connectivity index is 1.35. The van der Waals surface area contributed by atoms with Gasteiger partial charge in [0.2, 0.25) is 5.96 Å². The molecule has 0 heterocycles. The van der Waals surface area contributed by atoms with Crippen LogP contribution < -0.4 is 16.0 Å². The van der Waals surface area contributed by atoms with Crippen molar-refractivity contribution >= 4 is 41.0 Å². The minimum Gasteiger partial charge on any atom is -0.366 e. The lowest BCUT2D eigenvalue weighted by Crippen LogP contribution is -2.34. The number of nitrogens with two attached hydrogens (primary N) is 1. The van der Waals surface area contributed by atoms with E-state index >= 15 is 0 Å². The van der Waals surface area contributed by atoms with Gasteiger partial charge in [0, 0.05) is 27.1 Å². The second kappa shape index (κ2) is 14.3. The van der Waals surface area contributed by atoms with E-state index in [-0.39, 0.29) is 6.03 Å². The van der Waals surface area contributed by atoms with Crippen LogP contribution in [0.3, 0.4) is 0 Å². The van der Waals surface area contributed by atoms with E-state index in [4.69, 9.17) is 11.3 Å². The van der Waals surface area contributed by atoms with Gasteiger partial charge in [0.15, 0.2) is 0 Å². The zero-order valence-corrected chi connectivity index (χ0v) is 24.6. The quantitative estimate of drug-likeness (QED) is 0.140. The minimum atomic E-state index is -0.571. The summed E-state index contributed by atoms with van der Waals surface area (Å²) in [4.78, 5) is 32.6. The number of guanidine groups is 1. The topological polar surface area (TPSA) is 124 Å². The standard InChI is InChI=1S/C33H38N6O2S/c34-32(38-35)37-31(40)26-15-13-23(14-16-26)22-39(28-19-17-25(18-20-28)24-7-2-1-3-8-24)33(41)36-27-9-6-12-30(21-27)42-29-10-4-5-11-29/h6,9,12-21,24,29,35H,1-5,7-8,10-11,22H2,(H,36,41)(H2,34,37,40). The summed E-state index contributed by atoms with van der Waals surface area (Å²) in [5.74, 6) is -0.382. The van der Waals surface area contributed by atoms with Gasteiger partial charge in [-0.3, -0.25) is 9.69 Å². The van der Waals surface area contributed by atoms with Crippen LogP contribution in [0, 0.1) is 5.53 Å².